The molecular formula is C17H19N3O. The summed E-state index contributed by atoms with van der Waals surface area (Å²) < 4.78 is 0. The highest BCUT2D eigenvalue weighted by atomic mass is 16.3. The Bertz CT molecular complexity index is 698. The van der Waals surface area contributed by atoms with Gasteiger partial charge in [0.15, 0.2) is 0 Å². The fourth-order valence-electron chi connectivity index (χ4n) is 3.26. The SMILES string of the molecule is C[C@H]1CCN1c1nc2c(c(-c3ccccc3O)n1)CCC2. The summed E-state index contributed by atoms with van der Waals surface area (Å²) in [6.07, 6.45) is 4.36. The fourth-order valence-corrected chi connectivity index (χ4v) is 3.26. The Morgan fingerprint density at radius 3 is 2.76 bits per heavy atom. The summed E-state index contributed by atoms with van der Waals surface area (Å²) in [7, 11) is 0. The van der Waals surface area contributed by atoms with Gasteiger partial charge in [-0.3, -0.25) is 0 Å². The number of aromatic hydroxyl groups is 1. The van der Waals surface area contributed by atoms with Crippen molar-refractivity contribution in [1.29, 1.82) is 0 Å². The standard InChI is InChI=1S/C17H19N3O/c1-11-9-10-20(11)17-18-14-7-4-6-12(14)16(19-17)13-5-2-3-8-15(13)21/h2-3,5,8,11,21H,4,6-7,9-10H2,1H3/t11-/m0/s1. The maximum absolute atomic E-state index is 10.2. The zero-order valence-electron chi connectivity index (χ0n) is 12.2. The number of rotatable bonds is 2. The largest absolute Gasteiger partial charge is 0.507 e. The third kappa shape index (κ3) is 1.97. The number of fused-ring (bicyclic) bond motifs is 1. The van der Waals surface area contributed by atoms with E-state index in [0.29, 0.717) is 11.8 Å². The smallest absolute Gasteiger partial charge is 0.226 e. The molecule has 0 amide bonds. The van der Waals surface area contributed by atoms with Gasteiger partial charge in [-0.15, -0.1) is 0 Å². The molecule has 2 aromatic rings. The summed E-state index contributed by atoms with van der Waals surface area (Å²) in [5.41, 5.74) is 4.13. The number of phenolic OH excluding ortho intramolecular Hbond substituents is 1. The predicted octanol–water partition coefficient (Wildman–Crippen LogP) is 2.94. The fraction of sp³-hybridized carbons (Fsp3) is 0.412. The number of aryl methyl sites for hydroxylation is 1. The summed E-state index contributed by atoms with van der Waals surface area (Å²) in [6.45, 7) is 3.24. The Morgan fingerprint density at radius 2 is 2.05 bits per heavy atom. The normalized spacial score (nSPS) is 20.2. The lowest BCUT2D eigenvalue weighted by Gasteiger charge is -2.39. The van der Waals surface area contributed by atoms with Gasteiger partial charge in [0.1, 0.15) is 5.75 Å². The minimum absolute atomic E-state index is 0.299. The van der Waals surface area contributed by atoms with Crippen LogP contribution in [0.15, 0.2) is 24.3 Å². The number of hydrogen-bond acceptors (Lipinski definition) is 4. The van der Waals surface area contributed by atoms with E-state index in [2.05, 4.69) is 11.8 Å². The molecule has 0 unspecified atom stereocenters. The Labute approximate surface area is 124 Å². The summed E-state index contributed by atoms with van der Waals surface area (Å²) in [5, 5.41) is 10.2. The molecule has 0 bridgehead atoms. The minimum atomic E-state index is 0.299. The van der Waals surface area contributed by atoms with Crippen molar-refractivity contribution in [3.8, 4) is 17.0 Å². The molecule has 1 aromatic carbocycles. The van der Waals surface area contributed by atoms with Crippen molar-refractivity contribution in [1.82, 2.24) is 9.97 Å². The number of para-hydroxylation sites is 1. The van der Waals surface area contributed by atoms with Crippen molar-refractivity contribution in [3.63, 3.8) is 0 Å². The number of benzene rings is 1. The second-order valence-corrected chi connectivity index (χ2v) is 6.00. The lowest BCUT2D eigenvalue weighted by molar-refractivity contribution is 0.469. The van der Waals surface area contributed by atoms with E-state index in [1.165, 1.54) is 12.0 Å². The van der Waals surface area contributed by atoms with Crippen molar-refractivity contribution in [2.45, 2.75) is 38.6 Å². The van der Waals surface area contributed by atoms with E-state index in [9.17, 15) is 5.11 Å². The summed E-state index contributed by atoms with van der Waals surface area (Å²) in [4.78, 5) is 11.8. The Balaban J connectivity index is 1.88. The zero-order valence-corrected chi connectivity index (χ0v) is 12.2. The van der Waals surface area contributed by atoms with Crippen LogP contribution in [0.2, 0.25) is 0 Å². The number of phenols is 1. The average Bonchev–Trinajstić information content (AvgIpc) is 2.94. The third-order valence-electron chi connectivity index (χ3n) is 4.66. The molecule has 21 heavy (non-hydrogen) atoms. The van der Waals surface area contributed by atoms with E-state index >= 15 is 0 Å². The molecule has 108 valence electrons. The molecule has 0 radical (unpaired) electrons. The molecule has 4 nitrogen and oxygen atoms in total. The van der Waals surface area contributed by atoms with Gasteiger partial charge in [-0.05, 0) is 44.7 Å². The van der Waals surface area contributed by atoms with Gasteiger partial charge < -0.3 is 10.0 Å². The molecule has 4 heteroatoms. The van der Waals surface area contributed by atoms with Crippen molar-refractivity contribution >= 4 is 5.95 Å². The van der Waals surface area contributed by atoms with Crippen molar-refractivity contribution < 1.29 is 5.11 Å². The van der Waals surface area contributed by atoms with Crippen LogP contribution in [0.25, 0.3) is 11.3 Å². The highest BCUT2D eigenvalue weighted by Gasteiger charge is 2.29. The van der Waals surface area contributed by atoms with E-state index in [1.54, 1.807) is 6.07 Å². The van der Waals surface area contributed by atoms with Crippen LogP contribution < -0.4 is 4.90 Å². The molecule has 0 saturated carbocycles. The molecule has 1 aliphatic carbocycles. The second-order valence-electron chi connectivity index (χ2n) is 6.00. The molecular weight excluding hydrogens is 262 g/mol. The van der Waals surface area contributed by atoms with Crippen LogP contribution in [0.1, 0.15) is 31.0 Å². The first-order valence-corrected chi connectivity index (χ1v) is 7.69. The summed E-state index contributed by atoms with van der Waals surface area (Å²) >= 11 is 0. The molecule has 1 N–H and O–H groups in total. The molecule has 2 heterocycles. The lowest BCUT2D eigenvalue weighted by atomic mass is 10.0. The monoisotopic (exact) mass is 281 g/mol. The molecule has 1 fully saturated rings. The van der Waals surface area contributed by atoms with Gasteiger partial charge in [0.25, 0.3) is 0 Å². The predicted molar refractivity (Wildman–Crippen MR) is 82.6 cm³/mol. The molecule has 2 aliphatic rings. The highest BCUT2D eigenvalue weighted by molar-refractivity contribution is 5.72. The molecule has 1 aromatic heterocycles. The lowest BCUT2D eigenvalue weighted by Crippen LogP contribution is -2.46. The van der Waals surface area contributed by atoms with E-state index in [0.717, 1.165) is 48.7 Å². The van der Waals surface area contributed by atoms with Gasteiger partial charge in [-0.25, -0.2) is 9.97 Å². The van der Waals surface area contributed by atoms with Crippen LogP contribution in [-0.4, -0.2) is 27.7 Å². The van der Waals surface area contributed by atoms with Crippen LogP contribution in [0.4, 0.5) is 5.95 Å². The van der Waals surface area contributed by atoms with Gasteiger partial charge in [0.2, 0.25) is 5.95 Å². The van der Waals surface area contributed by atoms with Crippen LogP contribution in [-0.2, 0) is 12.8 Å². The number of anilines is 1. The number of hydrogen-bond donors (Lipinski definition) is 1. The van der Waals surface area contributed by atoms with Gasteiger partial charge in [0.05, 0.1) is 5.69 Å². The number of aromatic nitrogens is 2. The van der Waals surface area contributed by atoms with E-state index in [4.69, 9.17) is 9.97 Å². The maximum Gasteiger partial charge on any atom is 0.226 e. The van der Waals surface area contributed by atoms with Crippen molar-refractivity contribution in [2.75, 3.05) is 11.4 Å². The first-order chi connectivity index (χ1) is 10.2. The Hall–Kier alpha value is -2.10. The quantitative estimate of drug-likeness (QED) is 0.919. The molecule has 4 rings (SSSR count). The number of nitrogens with zero attached hydrogens (tertiary/aromatic N) is 3. The third-order valence-corrected chi connectivity index (χ3v) is 4.66. The van der Waals surface area contributed by atoms with Crippen LogP contribution >= 0.6 is 0 Å². The van der Waals surface area contributed by atoms with E-state index in [-0.39, 0.29) is 0 Å². The van der Waals surface area contributed by atoms with Crippen LogP contribution in [0.5, 0.6) is 5.75 Å². The maximum atomic E-state index is 10.2. The average molecular weight is 281 g/mol. The van der Waals surface area contributed by atoms with Gasteiger partial charge >= 0.3 is 0 Å². The first-order valence-electron chi connectivity index (χ1n) is 7.69. The molecule has 1 saturated heterocycles. The van der Waals surface area contributed by atoms with E-state index in [1.807, 2.05) is 18.2 Å². The minimum Gasteiger partial charge on any atom is -0.507 e. The second kappa shape index (κ2) is 4.72. The topological polar surface area (TPSA) is 49.2 Å². The van der Waals surface area contributed by atoms with Gasteiger partial charge in [0, 0.05) is 29.4 Å². The van der Waals surface area contributed by atoms with Crippen molar-refractivity contribution in [2.24, 2.45) is 0 Å². The van der Waals surface area contributed by atoms with Crippen molar-refractivity contribution in [3.05, 3.63) is 35.5 Å². The summed E-state index contributed by atoms with van der Waals surface area (Å²) in [6, 6.07) is 7.98. The zero-order chi connectivity index (χ0) is 14.4. The van der Waals surface area contributed by atoms with Gasteiger partial charge in [-0.1, -0.05) is 12.1 Å². The Kier molecular flexibility index (Phi) is 2.84. The summed E-state index contributed by atoms with van der Waals surface area (Å²) in [5.74, 6) is 1.13. The van der Waals surface area contributed by atoms with Crippen LogP contribution in [0.3, 0.4) is 0 Å². The first kappa shape index (κ1) is 12.6. The Morgan fingerprint density at radius 1 is 1.19 bits per heavy atom. The highest BCUT2D eigenvalue weighted by Crippen LogP contribution is 2.36. The van der Waals surface area contributed by atoms with Crippen LogP contribution in [0, 0.1) is 0 Å². The van der Waals surface area contributed by atoms with E-state index < -0.39 is 0 Å². The molecule has 1 aliphatic heterocycles. The molecule has 0 spiro atoms. The molecule has 1 atom stereocenters. The van der Waals surface area contributed by atoms with Gasteiger partial charge in [-0.2, -0.15) is 0 Å².